The molecule has 0 N–H and O–H groups in total. The Hall–Kier alpha value is -2.41. The van der Waals surface area contributed by atoms with E-state index >= 15 is 0 Å². The molecule has 2 aliphatic rings. The molecule has 2 unspecified atom stereocenters. The highest BCUT2D eigenvalue weighted by atomic mass is 19.1. The Bertz CT molecular complexity index is 669. The maximum Gasteiger partial charge on any atom is 0.339 e. The number of benzene rings is 1. The quantitative estimate of drug-likeness (QED) is 0.770. The van der Waals surface area contributed by atoms with Gasteiger partial charge in [-0.3, -0.25) is 0 Å². The Morgan fingerprint density at radius 1 is 1.40 bits per heavy atom. The summed E-state index contributed by atoms with van der Waals surface area (Å²) in [5.74, 6) is -0.770. The van der Waals surface area contributed by atoms with Crippen molar-refractivity contribution in [1.82, 2.24) is 0 Å². The second-order valence-corrected chi connectivity index (χ2v) is 4.96. The van der Waals surface area contributed by atoms with Crippen LogP contribution in [0.1, 0.15) is 34.9 Å². The third kappa shape index (κ3) is 2.12. The minimum absolute atomic E-state index is 0.00751. The number of halogens is 1. The van der Waals surface area contributed by atoms with Crippen molar-refractivity contribution in [3.05, 3.63) is 58.9 Å². The van der Waals surface area contributed by atoms with E-state index in [9.17, 15) is 9.18 Å². The first-order chi connectivity index (χ1) is 9.69. The molecule has 4 heteroatoms. The van der Waals surface area contributed by atoms with Gasteiger partial charge < -0.3 is 4.74 Å². The van der Waals surface area contributed by atoms with Crippen molar-refractivity contribution in [2.24, 2.45) is 5.92 Å². The normalized spacial score (nSPS) is 24.3. The van der Waals surface area contributed by atoms with E-state index in [0.717, 1.165) is 5.56 Å². The van der Waals surface area contributed by atoms with Crippen LogP contribution in [0.4, 0.5) is 4.39 Å². The zero-order valence-electron chi connectivity index (χ0n) is 10.7. The fourth-order valence-electron chi connectivity index (χ4n) is 2.67. The monoisotopic (exact) mass is 269 g/mol. The van der Waals surface area contributed by atoms with Gasteiger partial charge in [0, 0.05) is 5.56 Å². The Kier molecular flexibility index (Phi) is 3.11. The van der Waals surface area contributed by atoms with E-state index in [0.29, 0.717) is 18.4 Å². The van der Waals surface area contributed by atoms with Gasteiger partial charge in [0.1, 0.15) is 18.0 Å². The first kappa shape index (κ1) is 12.6. The maximum absolute atomic E-state index is 13.3. The number of cyclic esters (lactones) is 1. The Balaban J connectivity index is 1.80. The van der Waals surface area contributed by atoms with E-state index in [1.807, 2.05) is 18.2 Å². The third-order valence-electron chi connectivity index (χ3n) is 3.67. The number of carbonyl (C=O) groups is 1. The van der Waals surface area contributed by atoms with Gasteiger partial charge >= 0.3 is 5.97 Å². The smallest absolute Gasteiger partial charge is 0.339 e. The van der Waals surface area contributed by atoms with Crippen LogP contribution in [0.3, 0.4) is 0 Å². The molecule has 0 aromatic heterocycles. The predicted molar refractivity (Wildman–Crippen MR) is 70.2 cm³/mol. The molecular weight excluding hydrogens is 257 g/mol. The maximum atomic E-state index is 13.3. The van der Waals surface area contributed by atoms with Gasteiger partial charge in [-0.1, -0.05) is 24.3 Å². The van der Waals surface area contributed by atoms with E-state index in [1.54, 1.807) is 18.2 Å². The van der Waals surface area contributed by atoms with E-state index in [4.69, 9.17) is 10.00 Å². The van der Waals surface area contributed by atoms with E-state index in [1.165, 1.54) is 6.08 Å². The van der Waals surface area contributed by atoms with Crippen molar-refractivity contribution in [2.45, 2.75) is 18.9 Å². The summed E-state index contributed by atoms with van der Waals surface area (Å²) in [6, 6.07) is 9.13. The lowest BCUT2D eigenvalue weighted by molar-refractivity contribution is 0.0345. The molecule has 0 amide bonds. The van der Waals surface area contributed by atoms with E-state index in [2.05, 4.69) is 0 Å². The highest BCUT2D eigenvalue weighted by Crippen LogP contribution is 2.37. The van der Waals surface area contributed by atoms with Crippen molar-refractivity contribution < 1.29 is 13.9 Å². The molecule has 1 aliphatic heterocycles. The first-order valence-corrected chi connectivity index (χ1v) is 6.47. The van der Waals surface area contributed by atoms with Crippen LogP contribution in [-0.4, -0.2) is 5.97 Å². The SMILES string of the molecule is N#CC1=CC(CC2OC(=O)c3ccccc32)CC=C1F. The number of carbonyl (C=O) groups excluding carboxylic acids is 1. The molecule has 20 heavy (non-hydrogen) atoms. The van der Waals surface area contributed by atoms with Crippen LogP contribution >= 0.6 is 0 Å². The van der Waals surface area contributed by atoms with Gasteiger partial charge in [-0.25, -0.2) is 9.18 Å². The van der Waals surface area contributed by atoms with Gasteiger partial charge in [0.15, 0.2) is 0 Å². The van der Waals surface area contributed by atoms with Crippen LogP contribution in [0.15, 0.2) is 47.8 Å². The minimum atomic E-state index is -0.465. The first-order valence-electron chi connectivity index (χ1n) is 6.47. The predicted octanol–water partition coefficient (Wildman–Crippen LogP) is 3.61. The molecule has 1 aromatic rings. The molecule has 3 rings (SSSR count). The number of nitriles is 1. The van der Waals surface area contributed by atoms with Crippen LogP contribution in [0.2, 0.25) is 0 Å². The van der Waals surface area contributed by atoms with E-state index in [-0.39, 0.29) is 23.6 Å². The van der Waals surface area contributed by atoms with Crippen LogP contribution < -0.4 is 0 Å². The summed E-state index contributed by atoms with van der Waals surface area (Å²) in [6.07, 6.45) is 3.83. The number of allylic oxidation sites excluding steroid dienone is 4. The Morgan fingerprint density at radius 3 is 3.00 bits per heavy atom. The molecule has 3 nitrogen and oxygen atoms in total. The average molecular weight is 269 g/mol. The van der Waals surface area contributed by atoms with Crippen molar-refractivity contribution in [2.75, 3.05) is 0 Å². The number of hydrogen-bond acceptors (Lipinski definition) is 3. The number of hydrogen-bond donors (Lipinski definition) is 0. The molecule has 0 saturated heterocycles. The topological polar surface area (TPSA) is 50.1 Å². The minimum Gasteiger partial charge on any atom is -0.454 e. The molecule has 100 valence electrons. The second kappa shape index (κ2) is 4.93. The zero-order chi connectivity index (χ0) is 14.1. The summed E-state index contributed by atoms with van der Waals surface area (Å²) in [6.45, 7) is 0. The third-order valence-corrected chi connectivity index (χ3v) is 3.67. The van der Waals surface area contributed by atoms with E-state index < -0.39 is 5.83 Å². The lowest BCUT2D eigenvalue weighted by atomic mass is 9.89. The number of esters is 1. The average Bonchev–Trinajstić information content (AvgIpc) is 2.78. The van der Waals surface area contributed by atoms with Gasteiger partial charge in [0.2, 0.25) is 0 Å². The van der Waals surface area contributed by atoms with Crippen molar-refractivity contribution in [3.63, 3.8) is 0 Å². The van der Waals surface area contributed by atoms with Gasteiger partial charge in [-0.05, 0) is 30.9 Å². The second-order valence-electron chi connectivity index (χ2n) is 4.96. The standard InChI is InChI=1S/C16H12FNO2/c17-14-6-5-10(7-11(14)9-18)8-15-12-3-1-2-4-13(12)16(19)20-15/h1-4,6-7,10,15H,5,8H2. The van der Waals surface area contributed by atoms with Crippen molar-refractivity contribution in [3.8, 4) is 6.07 Å². The number of ether oxygens (including phenoxy) is 1. The zero-order valence-corrected chi connectivity index (χ0v) is 10.7. The van der Waals surface area contributed by atoms with Gasteiger partial charge in [0.05, 0.1) is 11.1 Å². The molecule has 0 saturated carbocycles. The van der Waals surface area contributed by atoms with Crippen LogP contribution in [0.5, 0.6) is 0 Å². The summed E-state index contributed by atoms with van der Waals surface area (Å²) < 4.78 is 18.7. The molecule has 0 bridgehead atoms. The number of rotatable bonds is 2. The van der Waals surface area contributed by atoms with Crippen molar-refractivity contribution in [1.29, 1.82) is 5.26 Å². The molecule has 0 radical (unpaired) electrons. The fourth-order valence-corrected chi connectivity index (χ4v) is 2.67. The highest BCUT2D eigenvalue weighted by Gasteiger charge is 2.32. The molecule has 0 fully saturated rings. The summed E-state index contributed by atoms with van der Waals surface area (Å²) in [5.41, 5.74) is 1.54. The fraction of sp³-hybridized carbons (Fsp3) is 0.250. The molecule has 2 atom stereocenters. The van der Waals surface area contributed by atoms with Gasteiger partial charge in [0.25, 0.3) is 0 Å². The summed E-state index contributed by atoms with van der Waals surface area (Å²) in [4.78, 5) is 11.7. The lowest BCUT2D eigenvalue weighted by Gasteiger charge is -2.19. The lowest BCUT2D eigenvalue weighted by Crippen LogP contribution is -2.09. The Morgan fingerprint density at radius 2 is 2.20 bits per heavy atom. The van der Waals surface area contributed by atoms with Crippen LogP contribution in [-0.2, 0) is 4.74 Å². The van der Waals surface area contributed by atoms with Crippen molar-refractivity contribution >= 4 is 5.97 Å². The molecular formula is C16H12FNO2. The Labute approximate surface area is 116 Å². The number of fused-ring (bicyclic) bond motifs is 1. The highest BCUT2D eigenvalue weighted by molar-refractivity contribution is 5.93. The van der Waals surface area contributed by atoms with Crippen LogP contribution in [0, 0.1) is 17.2 Å². The number of nitrogens with zero attached hydrogens (tertiary/aromatic N) is 1. The van der Waals surface area contributed by atoms with Crippen LogP contribution in [0.25, 0.3) is 0 Å². The summed E-state index contributed by atoms with van der Waals surface area (Å²) >= 11 is 0. The largest absolute Gasteiger partial charge is 0.454 e. The van der Waals surface area contributed by atoms with Gasteiger partial charge in [-0.2, -0.15) is 5.26 Å². The molecule has 1 aromatic carbocycles. The molecule has 0 spiro atoms. The summed E-state index contributed by atoms with van der Waals surface area (Å²) in [5, 5.41) is 8.86. The molecule has 1 heterocycles. The van der Waals surface area contributed by atoms with Gasteiger partial charge in [-0.15, -0.1) is 0 Å². The molecule has 1 aliphatic carbocycles. The summed E-state index contributed by atoms with van der Waals surface area (Å²) in [7, 11) is 0.